The summed E-state index contributed by atoms with van der Waals surface area (Å²) in [6.45, 7) is 0. The van der Waals surface area contributed by atoms with E-state index in [1.165, 1.54) is 0 Å². The first-order valence-electron chi connectivity index (χ1n) is 6.77. The number of aromatic nitrogens is 1. The zero-order chi connectivity index (χ0) is 15.1. The molecule has 22 heavy (non-hydrogen) atoms. The highest BCUT2D eigenvalue weighted by atomic mass is 79.9. The van der Waals surface area contributed by atoms with E-state index in [4.69, 9.17) is 4.42 Å². The molecule has 0 saturated carbocycles. The van der Waals surface area contributed by atoms with Crippen LogP contribution in [0.15, 0.2) is 63.6 Å². The van der Waals surface area contributed by atoms with Crippen molar-refractivity contribution in [2.45, 2.75) is 0 Å². The van der Waals surface area contributed by atoms with Crippen molar-refractivity contribution in [3.63, 3.8) is 0 Å². The van der Waals surface area contributed by atoms with E-state index in [0.29, 0.717) is 11.3 Å². The Morgan fingerprint density at radius 2 is 1.95 bits per heavy atom. The molecular formula is C17H11BrN2O2. The number of H-pyrrole nitrogens is 1. The van der Waals surface area contributed by atoms with Gasteiger partial charge in [0.25, 0.3) is 5.91 Å². The molecule has 2 aromatic heterocycles. The highest BCUT2D eigenvalue weighted by molar-refractivity contribution is 9.10. The summed E-state index contributed by atoms with van der Waals surface area (Å²) in [6, 6.07) is 15.1. The Balaban J connectivity index is 1.64. The summed E-state index contributed by atoms with van der Waals surface area (Å²) >= 11 is 3.39. The minimum Gasteiger partial charge on any atom is -0.451 e. The van der Waals surface area contributed by atoms with Crippen LogP contribution in [-0.4, -0.2) is 10.9 Å². The number of furan rings is 1. The van der Waals surface area contributed by atoms with Gasteiger partial charge in [-0.25, -0.2) is 0 Å². The van der Waals surface area contributed by atoms with Gasteiger partial charge in [-0.15, -0.1) is 0 Å². The number of anilines is 1. The average Bonchev–Trinajstić information content (AvgIpc) is 3.12. The number of fused-ring (bicyclic) bond motifs is 2. The smallest absolute Gasteiger partial charge is 0.291 e. The first-order valence-corrected chi connectivity index (χ1v) is 7.56. The number of hydrogen-bond donors (Lipinski definition) is 2. The van der Waals surface area contributed by atoms with Crippen molar-refractivity contribution in [3.05, 3.63) is 65.0 Å². The second kappa shape index (κ2) is 5.03. The van der Waals surface area contributed by atoms with Gasteiger partial charge in [-0.3, -0.25) is 4.79 Å². The first kappa shape index (κ1) is 13.2. The molecule has 0 aliphatic heterocycles. The number of carbonyl (C=O) groups is 1. The maximum absolute atomic E-state index is 12.3. The molecule has 0 radical (unpaired) electrons. The molecular weight excluding hydrogens is 344 g/mol. The molecule has 0 saturated heterocycles. The van der Waals surface area contributed by atoms with Gasteiger partial charge >= 0.3 is 0 Å². The molecule has 2 aromatic carbocycles. The van der Waals surface area contributed by atoms with Crippen LogP contribution in [0.4, 0.5) is 5.69 Å². The lowest BCUT2D eigenvalue weighted by atomic mass is 10.2. The van der Waals surface area contributed by atoms with Crippen LogP contribution in [0.25, 0.3) is 21.9 Å². The number of rotatable bonds is 2. The standard InChI is InChI=1S/C17H11BrN2O2/c18-12-2-1-11-8-16(22-15(11)9-12)17(21)20-13-3-4-14-10(7-13)5-6-19-14/h1-9,19H,(H,20,21). The number of benzene rings is 2. The van der Waals surface area contributed by atoms with Crippen molar-refractivity contribution in [1.82, 2.24) is 4.98 Å². The van der Waals surface area contributed by atoms with Crippen molar-refractivity contribution in [2.75, 3.05) is 5.32 Å². The molecule has 5 heteroatoms. The summed E-state index contributed by atoms with van der Waals surface area (Å²) in [5, 5.41) is 4.80. The van der Waals surface area contributed by atoms with Crippen LogP contribution in [0.3, 0.4) is 0 Å². The summed E-state index contributed by atoms with van der Waals surface area (Å²) in [5.74, 6) is 0.0319. The summed E-state index contributed by atoms with van der Waals surface area (Å²) < 4.78 is 6.52. The topological polar surface area (TPSA) is 58.0 Å². The van der Waals surface area contributed by atoms with Crippen LogP contribution in [0.5, 0.6) is 0 Å². The van der Waals surface area contributed by atoms with E-state index in [9.17, 15) is 4.79 Å². The van der Waals surface area contributed by atoms with Gasteiger partial charge in [-0.2, -0.15) is 0 Å². The molecule has 1 amide bonds. The van der Waals surface area contributed by atoms with Gasteiger partial charge in [0.05, 0.1) is 0 Å². The van der Waals surface area contributed by atoms with Crippen LogP contribution in [0.2, 0.25) is 0 Å². The molecule has 0 bridgehead atoms. The monoisotopic (exact) mass is 354 g/mol. The summed E-state index contributed by atoms with van der Waals surface area (Å²) in [7, 11) is 0. The van der Waals surface area contributed by atoms with Crippen LogP contribution in [-0.2, 0) is 0 Å². The fourth-order valence-corrected chi connectivity index (χ4v) is 2.78. The molecule has 2 N–H and O–H groups in total. The second-order valence-electron chi connectivity index (χ2n) is 5.03. The second-order valence-corrected chi connectivity index (χ2v) is 5.94. The zero-order valence-electron chi connectivity index (χ0n) is 11.4. The highest BCUT2D eigenvalue weighted by Gasteiger charge is 2.13. The molecule has 0 fully saturated rings. The Labute approximate surface area is 134 Å². The fraction of sp³-hybridized carbons (Fsp3) is 0. The normalized spacial score (nSPS) is 11.1. The molecule has 0 aliphatic rings. The van der Waals surface area contributed by atoms with Gasteiger partial charge in [0.15, 0.2) is 5.76 Å². The molecule has 108 valence electrons. The molecule has 0 unspecified atom stereocenters. The maximum atomic E-state index is 12.3. The average molecular weight is 355 g/mol. The Morgan fingerprint density at radius 1 is 1.05 bits per heavy atom. The van der Waals surface area contributed by atoms with Gasteiger partial charge in [0.2, 0.25) is 0 Å². The molecule has 4 rings (SSSR count). The van der Waals surface area contributed by atoms with E-state index in [0.717, 1.165) is 26.4 Å². The predicted molar refractivity (Wildman–Crippen MR) is 90.2 cm³/mol. The van der Waals surface area contributed by atoms with E-state index >= 15 is 0 Å². The highest BCUT2D eigenvalue weighted by Crippen LogP contribution is 2.24. The van der Waals surface area contributed by atoms with Crippen molar-refractivity contribution >= 4 is 49.4 Å². The first-order chi connectivity index (χ1) is 10.7. The fourth-order valence-electron chi connectivity index (χ4n) is 2.44. The quantitative estimate of drug-likeness (QED) is 0.536. The van der Waals surface area contributed by atoms with Gasteiger partial charge < -0.3 is 14.7 Å². The van der Waals surface area contributed by atoms with Gasteiger partial charge in [0, 0.05) is 32.6 Å². The summed E-state index contributed by atoms with van der Waals surface area (Å²) in [4.78, 5) is 15.4. The van der Waals surface area contributed by atoms with Crippen LogP contribution < -0.4 is 5.32 Å². The number of nitrogens with one attached hydrogen (secondary N) is 2. The number of aromatic amines is 1. The predicted octanol–water partition coefficient (Wildman–Crippen LogP) is 4.93. The lowest BCUT2D eigenvalue weighted by Gasteiger charge is -2.03. The molecule has 2 heterocycles. The Kier molecular flexibility index (Phi) is 3.01. The SMILES string of the molecule is O=C(Nc1ccc2[nH]ccc2c1)c1cc2ccc(Br)cc2o1. The maximum Gasteiger partial charge on any atom is 0.291 e. The van der Waals surface area contributed by atoms with Crippen LogP contribution >= 0.6 is 15.9 Å². The number of hydrogen-bond acceptors (Lipinski definition) is 2. The molecule has 4 nitrogen and oxygen atoms in total. The van der Waals surface area contributed by atoms with Crippen LogP contribution in [0.1, 0.15) is 10.6 Å². The Bertz CT molecular complexity index is 1000. The third-order valence-electron chi connectivity index (χ3n) is 3.52. The third-order valence-corrected chi connectivity index (χ3v) is 4.01. The molecule has 0 aliphatic carbocycles. The summed E-state index contributed by atoms with van der Waals surface area (Å²) in [6.07, 6.45) is 1.87. The van der Waals surface area contributed by atoms with Crippen molar-refractivity contribution in [2.24, 2.45) is 0 Å². The largest absolute Gasteiger partial charge is 0.451 e. The van der Waals surface area contributed by atoms with Gasteiger partial charge in [-0.05, 0) is 48.5 Å². The summed E-state index contributed by atoms with van der Waals surface area (Å²) in [5.41, 5.74) is 2.45. The van der Waals surface area contributed by atoms with Crippen LogP contribution in [0, 0.1) is 0 Å². The van der Waals surface area contributed by atoms with E-state index in [1.807, 2.05) is 48.7 Å². The lowest BCUT2D eigenvalue weighted by molar-refractivity contribution is 0.0998. The number of amides is 1. The van der Waals surface area contributed by atoms with E-state index < -0.39 is 0 Å². The van der Waals surface area contributed by atoms with Gasteiger partial charge in [0.1, 0.15) is 5.58 Å². The zero-order valence-corrected chi connectivity index (χ0v) is 13.0. The third kappa shape index (κ3) is 2.29. The molecule has 0 atom stereocenters. The number of carbonyl (C=O) groups excluding carboxylic acids is 1. The van der Waals surface area contributed by atoms with E-state index in [-0.39, 0.29) is 5.91 Å². The van der Waals surface area contributed by atoms with Crippen molar-refractivity contribution in [1.29, 1.82) is 0 Å². The van der Waals surface area contributed by atoms with Crippen molar-refractivity contribution in [3.8, 4) is 0 Å². The number of halogens is 1. The minimum atomic E-state index is -0.262. The Morgan fingerprint density at radius 3 is 2.86 bits per heavy atom. The van der Waals surface area contributed by atoms with E-state index in [1.54, 1.807) is 6.07 Å². The minimum absolute atomic E-state index is 0.262. The van der Waals surface area contributed by atoms with Gasteiger partial charge in [-0.1, -0.05) is 15.9 Å². The Hall–Kier alpha value is -2.53. The molecule has 0 spiro atoms. The van der Waals surface area contributed by atoms with Crippen molar-refractivity contribution < 1.29 is 9.21 Å². The molecule has 4 aromatic rings. The van der Waals surface area contributed by atoms with E-state index in [2.05, 4.69) is 26.2 Å². The lowest BCUT2D eigenvalue weighted by Crippen LogP contribution is -2.10.